The zero-order chi connectivity index (χ0) is 12.0. The first kappa shape index (κ1) is 12.6. The predicted molar refractivity (Wildman–Crippen MR) is 60.8 cm³/mol. The number of rotatable bonds is 6. The largest absolute Gasteiger partial charge is 0.480 e. The molecule has 0 aromatic carbocycles. The third-order valence-corrected chi connectivity index (χ3v) is 2.28. The smallest absolute Gasteiger partial charge is 0.320 e. The van der Waals surface area contributed by atoms with Crippen LogP contribution in [0.4, 0.5) is 0 Å². The highest BCUT2D eigenvalue weighted by Gasteiger charge is 2.14. The van der Waals surface area contributed by atoms with Gasteiger partial charge in [-0.2, -0.15) is 0 Å². The maximum atomic E-state index is 10.5. The van der Waals surface area contributed by atoms with Crippen molar-refractivity contribution in [1.29, 1.82) is 0 Å². The van der Waals surface area contributed by atoms with Crippen LogP contribution in [0.5, 0.6) is 0 Å². The molecule has 0 aliphatic carbocycles. The Balaban J connectivity index is 2.30. The van der Waals surface area contributed by atoms with E-state index in [9.17, 15) is 4.79 Å². The van der Waals surface area contributed by atoms with Gasteiger partial charge in [0, 0.05) is 18.8 Å². The number of hydrogen-bond acceptors (Lipinski definition) is 4. The first-order valence-corrected chi connectivity index (χ1v) is 5.21. The Bertz CT molecular complexity index is 329. The van der Waals surface area contributed by atoms with Crippen LogP contribution in [0.25, 0.3) is 0 Å². The van der Waals surface area contributed by atoms with Crippen LogP contribution in [0.2, 0.25) is 0 Å². The molecule has 2 unspecified atom stereocenters. The lowest BCUT2D eigenvalue weighted by atomic mass is 10.1. The molecule has 5 nitrogen and oxygen atoms in total. The Labute approximate surface area is 94.7 Å². The molecule has 0 spiro atoms. The lowest BCUT2D eigenvalue weighted by molar-refractivity contribution is -0.138. The number of aliphatic carboxylic acids is 1. The molecule has 0 fully saturated rings. The lowest BCUT2D eigenvalue weighted by Crippen LogP contribution is -2.38. The Hall–Kier alpha value is -1.46. The summed E-state index contributed by atoms with van der Waals surface area (Å²) in [5.74, 6) is -0.966. The summed E-state index contributed by atoms with van der Waals surface area (Å²) >= 11 is 0. The molecular formula is C11H17N3O2. The number of hydrogen-bond donors (Lipinski definition) is 3. The van der Waals surface area contributed by atoms with Gasteiger partial charge in [-0.05, 0) is 25.5 Å². The number of carboxylic acid groups (broad SMARTS) is 1. The van der Waals surface area contributed by atoms with E-state index in [-0.39, 0.29) is 6.04 Å². The quantitative estimate of drug-likeness (QED) is 0.648. The summed E-state index contributed by atoms with van der Waals surface area (Å²) in [5, 5.41) is 11.8. The van der Waals surface area contributed by atoms with Gasteiger partial charge in [0.25, 0.3) is 0 Å². The van der Waals surface area contributed by atoms with Gasteiger partial charge in [-0.3, -0.25) is 9.78 Å². The summed E-state index contributed by atoms with van der Waals surface area (Å²) in [5.41, 5.74) is 6.36. The van der Waals surface area contributed by atoms with E-state index >= 15 is 0 Å². The van der Waals surface area contributed by atoms with E-state index in [0.717, 1.165) is 5.69 Å². The number of nitrogens with zero attached hydrogens (tertiary/aromatic N) is 1. The number of carboxylic acids is 1. The average molecular weight is 223 g/mol. The van der Waals surface area contributed by atoms with Crippen LogP contribution in [0.15, 0.2) is 24.4 Å². The number of nitrogens with two attached hydrogens (primary N) is 1. The second-order valence-electron chi connectivity index (χ2n) is 3.78. The molecule has 1 aromatic rings. The molecule has 0 aliphatic heterocycles. The van der Waals surface area contributed by atoms with E-state index < -0.39 is 12.0 Å². The van der Waals surface area contributed by atoms with E-state index in [1.54, 1.807) is 6.20 Å². The number of aromatic nitrogens is 1. The van der Waals surface area contributed by atoms with Gasteiger partial charge >= 0.3 is 5.97 Å². The SMILES string of the molecule is CC(CC(N)C(=O)O)NCc1ccccn1. The fraction of sp³-hybridized carbons (Fsp3) is 0.455. The molecule has 1 heterocycles. The van der Waals surface area contributed by atoms with Gasteiger partial charge in [0.15, 0.2) is 0 Å². The molecule has 1 rings (SSSR count). The standard InChI is InChI=1S/C11H17N3O2/c1-8(6-10(12)11(15)16)14-7-9-4-2-3-5-13-9/h2-5,8,10,14H,6-7,12H2,1H3,(H,15,16). The van der Waals surface area contributed by atoms with Gasteiger partial charge in [-0.1, -0.05) is 6.07 Å². The van der Waals surface area contributed by atoms with Crippen LogP contribution >= 0.6 is 0 Å². The van der Waals surface area contributed by atoms with Crippen molar-refractivity contribution in [1.82, 2.24) is 10.3 Å². The first-order chi connectivity index (χ1) is 7.59. The molecule has 0 amide bonds. The first-order valence-electron chi connectivity index (χ1n) is 5.21. The van der Waals surface area contributed by atoms with Crippen molar-refractivity contribution in [2.45, 2.75) is 32.0 Å². The number of pyridine rings is 1. The molecule has 1 aromatic heterocycles. The molecule has 0 saturated carbocycles. The lowest BCUT2D eigenvalue weighted by Gasteiger charge is -2.15. The van der Waals surface area contributed by atoms with Gasteiger partial charge in [-0.15, -0.1) is 0 Å². The molecular weight excluding hydrogens is 206 g/mol. The third kappa shape index (κ3) is 4.37. The molecule has 88 valence electrons. The fourth-order valence-electron chi connectivity index (χ4n) is 1.35. The molecule has 0 saturated heterocycles. The van der Waals surface area contributed by atoms with E-state index in [1.165, 1.54) is 0 Å². The normalized spacial score (nSPS) is 14.4. The van der Waals surface area contributed by atoms with Crippen molar-refractivity contribution in [3.8, 4) is 0 Å². The Morgan fingerprint density at radius 2 is 2.38 bits per heavy atom. The van der Waals surface area contributed by atoms with E-state index in [2.05, 4.69) is 10.3 Å². The summed E-state index contributed by atoms with van der Waals surface area (Å²) in [6.07, 6.45) is 2.13. The minimum atomic E-state index is -0.966. The van der Waals surface area contributed by atoms with Crippen molar-refractivity contribution in [2.75, 3.05) is 0 Å². The van der Waals surface area contributed by atoms with Crippen molar-refractivity contribution >= 4 is 5.97 Å². The minimum absolute atomic E-state index is 0.0492. The molecule has 4 N–H and O–H groups in total. The summed E-state index contributed by atoms with van der Waals surface area (Å²) in [6, 6.07) is 4.92. The summed E-state index contributed by atoms with van der Waals surface area (Å²) in [6.45, 7) is 2.53. The average Bonchev–Trinajstić information content (AvgIpc) is 2.27. The monoisotopic (exact) mass is 223 g/mol. The topological polar surface area (TPSA) is 88.2 Å². The van der Waals surface area contributed by atoms with Gasteiger partial charge in [0.05, 0.1) is 5.69 Å². The van der Waals surface area contributed by atoms with E-state index in [4.69, 9.17) is 10.8 Å². The third-order valence-electron chi connectivity index (χ3n) is 2.28. The molecule has 0 aliphatic rings. The second kappa shape index (κ2) is 6.19. The van der Waals surface area contributed by atoms with Gasteiger partial charge in [0.1, 0.15) is 6.04 Å². The summed E-state index contributed by atoms with van der Waals surface area (Å²) in [7, 11) is 0. The zero-order valence-corrected chi connectivity index (χ0v) is 9.26. The van der Waals surface area contributed by atoms with Crippen molar-refractivity contribution < 1.29 is 9.90 Å². The highest BCUT2D eigenvalue weighted by molar-refractivity contribution is 5.73. The number of carbonyl (C=O) groups is 1. The molecule has 2 atom stereocenters. The molecule has 0 bridgehead atoms. The number of nitrogens with one attached hydrogen (secondary N) is 1. The van der Waals surface area contributed by atoms with Crippen LogP contribution in [-0.2, 0) is 11.3 Å². The van der Waals surface area contributed by atoms with Gasteiger partial charge < -0.3 is 16.2 Å². The Morgan fingerprint density at radius 1 is 1.62 bits per heavy atom. The zero-order valence-electron chi connectivity index (χ0n) is 9.26. The van der Waals surface area contributed by atoms with Gasteiger partial charge in [0.2, 0.25) is 0 Å². The van der Waals surface area contributed by atoms with Crippen LogP contribution in [0.3, 0.4) is 0 Å². The van der Waals surface area contributed by atoms with Crippen molar-refractivity contribution in [2.24, 2.45) is 5.73 Å². The summed E-state index contributed by atoms with van der Waals surface area (Å²) in [4.78, 5) is 14.7. The highest BCUT2D eigenvalue weighted by atomic mass is 16.4. The molecule has 16 heavy (non-hydrogen) atoms. The summed E-state index contributed by atoms with van der Waals surface area (Å²) < 4.78 is 0. The maximum Gasteiger partial charge on any atom is 0.320 e. The van der Waals surface area contributed by atoms with Crippen LogP contribution in [0, 0.1) is 0 Å². The van der Waals surface area contributed by atoms with Crippen LogP contribution in [-0.4, -0.2) is 28.1 Å². The molecule has 5 heteroatoms. The van der Waals surface area contributed by atoms with Crippen molar-refractivity contribution in [3.05, 3.63) is 30.1 Å². The molecule has 0 radical (unpaired) electrons. The van der Waals surface area contributed by atoms with Crippen LogP contribution < -0.4 is 11.1 Å². The Morgan fingerprint density at radius 3 is 2.94 bits per heavy atom. The fourth-order valence-corrected chi connectivity index (χ4v) is 1.35. The van der Waals surface area contributed by atoms with Crippen LogP contribution in [0.1, 0.15) is 19.0 Å². The maximum absolute atomic E-state index is 10.5. The predicted octanol–water partition coefficient (Wildman–Crippen LogP) is 0.362. The van der Waals surface area contributed by atoms with E-state index in [1.807, 2.05) is 25.1 Å². The van der Waals surface area contributed by atoms with Crippen molar-refractivity contribution in [3.63, 3.8) is 0 Å². The Kier molecular flexibility index (Phi) is 4.88. The second-order valence-corrected chi connectivity index (χ2v) is 3.78. The van der Waals surface area contributed by atoms with Gasteiger partial charge in [-0.25, -0.2) is 0 Å². The van der Waals surface area contributed by atoms with E-state index in [0.29, 0.717) is 13.0 Å². The minimum Gasteiger partial charge on any atom is -0.480 e. The highest BCUT2D eigenvalue weighted by Crippen LogP contribution is 1.98.